The number of aliphatic carboxylic acids is 1. The number of carbonyl (C=O) groups excluding carboxylic acids is 1. The zero-order chi connectivity index (χ0) is 15.9. The molecule has 2 rings (SSSR count). The summed E-state index contributed by atoms with van der Waals surface area (Å²) < 4.78 is 0. The molecule has 0 saturated heterocycles. The Bertz CT molecular complexity index is 505. The molecule has 5 heteroatoms. The van der Waals surface area contributed by atoms with Crippen LogP contribution in [-0.2, 0) is 9.59 Å². The van der Waals surface area contributed by atoms with Gasteiger partial charge in [0.25, 0.3) is 0 Å². The molecule has 22 heavy (non-hydrogen) atoms. The summed E-state index contributed by atoms with van der Waals surface area (Å²) in [6.07, 6.45) is 4.65. The molecule has 1 aromatic carbocycles. The van der Waals surface area contributed by atoms with Gasteiger partial charge in [0.2, 0.25) is 5.91 Å². The van der Waals surface area contributed by atoms with Gasteiger partial charge in [-0.2, -0.15) is 0 Å². The second-order valence-corrected chi connectivity index (χ2v) is 6.02. The van der Waals surface area contributed by atoms with Crippen molar-refractivity contribution in [2.45, 2.75) is 44.4 Å². The molecular formula is C17H24N2O3. The molecule has 4 N–H and O–H groups in total. The highest BCUT2D eigenvalue weighted by Gasteiger charge is 2.23. The number of hydrogen-bond acceptors (Lipinski definition) is 3. The summed E-state index contributed by atoms with van der Waals surface area (Å²) in [6.45, 7) is 0.351. The van der Waals surface area contributed by atoms with Crippen LogP contribution in [0.4, 0.5) is 5.69 Å². The first-order chi connectivity index (χ1) is 10.6. The predicted octanol–water partition coefficient (Wildman–Crippen LogP) is 2.72. The van der Waals surface area contributed by atoms with Gasteiger partial charge in [-0.3, -0.25) is 9.59 Å². The normalized spacial score (nSPS) is 21.3. The molecule has 1 amide bonds. The maximum Gasteiger partial charge on any atom is 0.303 e. The van der Waals surface area contributed by atoms with Crippen LogP contribution in [-0.4, -0.2) is 23.5 Å². The van der Waals surface area contributed by atoms with E-state index in [2.05, 4.69) is 17.4 Å². The van der Waals surface area contributed by atoms with Crippen LogP contribution in [0.25, 0.3) is 0 Å². The molecule has 0 aromatic heterocycles. The number of nitrogens with two attached hydrogens (primary N) is 1. The summed E-state index contributed by atoms with van der Waals surface area (Å²) in [5.74, 6) is 0.0628. The highest BCUT2D eigenvalue weighted by molar-refractivity contribution is 5.90. The summed E-state index contributed by atoms with van der Waals surface area (Å²) in [6, 6.07) is 7.96. The van der Waals surface area contributed by atoms with E-state index in [1.807, 2.05) is 12.1 Å². The van der Waals surface area contributed by atoms with E-state index in [4.69, 9.17) is 10.8 Å². The molecule has 1 aliphatic rings. The van der Waals surface area contributed by atoms with Gasteiger partial charge in [0.05, 0.1) is 0 Å². The average Bonchev–Trinajstić information content (AvgIpc) is 2.48. The first-order valence-electron chi connectivity index (χ1n) is 7.90. The summed E-state index contributed by atoms with van der Waals surface area (Å²) in [5, 5.41) is 11.7. The fraction of sp³-hybridized carbons (Fsp3) is 0.529. The molecule has 1 aromatic rings. The van der Waals surface area contributed by atoms with E-state index in [0.29, 0.717) is 31.2 Å². The minimum atomic E-state index is -0.693. The zero-order valence-electron chi connectivity index (χ0n) is 12.8. The molecule has 1 saturated carbocycles. The lowest BCUT2D eigenvalue weighted by atomic mass is 9.77. The molecule has 0 spiro atoms. The van der Waals surface area contributed by atoms with Crippen molar-refractivity contribution in [2.24, 2.45) is 11.7 Å². The maximum absolute atomic E-state index is 11.5. The van der Waals surface area contributed by atoms with Gasteiger partial charge in [0.15, 0.2) is 0 Å². The predicted molar refractivity (Wildman–Crippen MR) is 85.7 cm³/mol. The number of amides is 1. The minimum absolute atomic E-state index is 0.0653. The molecule has 1 aliphatic carbocycles. The summed E-state index contributed by atoms with van der Waals surface area (Å²) in [5.41, 5.74) is 7.41. The zero-order valence-corrected chi connectivity index (χ0v) is 12.8. The van der Waals surface area contributed by atoms with E-state index in [1.165, 1.54) is 5.56 Å². The van der Waals surface area contributed by atoms with E-state index < -0.39 is 5.97 Å². The van der Waals surface area contributed by atoms with Gasteiger partial charge in [0.1, 0.15) is 0 Å². The Hall–Kier alpha value is -1.88. The second kappa shape index (κ2) is 7.94. The van der Waals surface area contributed by atoms with E-state index in [0.717, 1.165) is 31.4 Å². The largest absolute Gasteiger partial charge is 0.481 e. The van der Waals surface area contributed by atoms with Gasteiger partial charge >= 0.3 is 5.97 Å². The Morgan fingerprint density at radius 3 is 2.32 bits per heavy atom. The Labute approximate surface area is 130 Å². The van der Waals surface area contributed by atoms with Crippen molar-refractivity contribution in [3.05, 3.63) is 29.8 Å². The molecule has 0 atom stereocenters. The topological polar surface area (TPSA) is 92.4 Å². The van der Waals surface area contributed by atoms with Crippen LogP contribution >= 0.6 is 0 Å². The Balaban J connectivity index is 1.86. The van der Waals surface area contributed by atoms with Gasteiger partial charge in [-0.05, 0) is 55.2 Å². The summed E-state index contributed by atoms with van der Waals surface area (Å²) >= 11 is 0. The van der Waals surface area contributed by atoms with Crippen LogP contribution in [0.3, 0.4) is 0 Å². The number of carbonyl (C=O) groups is 2. The lowest BCUT2D eigenvalue weighted by molar-refractivity contribution is -0.138. The number of nitrogens with one attached hydrogen (secondary N) is 1. The van der Waals surface area contributed by atoms with Crippen molar-refractivity contribution in [3.8, 4) is 0 Å². The van der Waals surface area contributed by atoms with Crippen LogP contribution in [0.15, 0.2) is 24.3 Å². The standard InChI is InChI=1S/C17H24N2O3/c18-10-9-16(20)19-15-7-5-14(6-8-15)13-3-1-12(2-4-13)11-17(21)22/h5-8,12-13H,1-4,9-11,18H2,(H,19,20)(H,21,22). The number of anilines is 1. The molecular weight excluding hydrogens is 280 g/mol. The van der Waals surface area contributed by atoms with Crippen LogP contribution < -0.4 is 11.1 Å². The van der Waals surface area contributed by atoms with Crippen LogP contribution in [0.1, 0.15) is 50.0 Å². The third-order valence-electron chi connectivity index (χ3n) is 4.35. The average molecular weight is 304 g/mol. The Morgan fingerprint density at radius 2 is 1.77 bits per heavy atom. The third kappa shape index (κ3) is 4.84. The lowest BCUT2D eigenvalue weighted by Gasteiger charge is -2.28. The van der Waals surface area contributed by atoms with E-state index in [9.17, 15) is 9.59 Å². The second-order valence-electron chi connectivity index (χ2n) is 6.02. The summed E-state index contributed by atoms with van der Waals surface area (Å²) in [7, 11) is 0. The molecule has 0 radical (unpaired) electrons. The van der Waals surface area contributed by atoms with Gasteiger partial charge in [-0.15, -0.1) is 0 Å². The summed E-state index contributed by atoms with van der Waals surface area (Å²) in [4.78, 5) is 22.2. The molecule has 0 unspecified atom stereocenters. The van der Waals surface area contributed by atoms with Crippen molar-refractivity contribution in [2.75, 3.05) is 11.9 Å². The Kier molecular flexibility index (Phi) is 5.95. The lowest BCUT2D eigenvalue weighted by Crippen LogP contribution is -2.17. The van der Waals surface area contributed by atoms with Gasteiger partial charge in [-0.25, -0.2) is 0 Å². The van der Waals surface area contributed by atoms with Gasteiger partial charge in [-0.1, -0.05) is 12.1 Å². The smallest absolute Gasteiger partial charge is 0.303 e. The first kappa shape index (κ1) is 16.5. The molecule has 0 aliphatic heterocycles. The van der Waals surface area contributed by atoms with E-state index in [1.54, 1.807) is 0 Å². The number of benzene rings is 1. The van der Waals surface area contributed by atoms with E-state index >= 15 is 0 Å². The number of carboxylic acids is 1. The highest BCUT2D eigenvalue weighted by atomic mass is 16.4. The fourth-order valence-corrected chi connectivity index (χ4v) is 3.14. The van der Waals surface area contributed by atoms with Gasteiger partial charge in [0, 0.05) is 25.1 Å². The van der Waals surface area contributed by atoms with Crippen molar-refractivity contribution >= 4 is 17.6 Å². The SMILES string of the molecule is NCCC(=O)Nc1ccc(C2CCC(CC(=O)O)CC2)cc1. The van der Waals surface area contributed by atoms with Crippen LogP contribution in [0.2, 0.25) is 0 Å². The van der Waals surface area contributed by atoms with Crippen molar-refractivity contribution in [3.63, 3.8) is 0 Å². The van der Waals surface area contributed by atoms with Crippen molar-refractivity contribution < 1.29 is 14.7 Å². The third-order valence-corrected chi connectivity index (χ3v) is 4.35. The number of hydrogen-bond donors (Lipinski definition) is 3. The van der Waals surface area contributed by atoms with Crippen molar-refractivity contribution in [1.29, 1.82) is 0 Å². The monoisotopic (exact) mass is 304 g/mol. The van der Waals surface area contributed by atoms with Crippen LogP contribution in [0.5, 0.6) is 0 Å². The van der Waals surface area contributed by atoms with E-state index in [-0.39, 0.29) is 5.91 Å². The quantitative estimate of drug-likeness (QED) is 0.753. The Morgan fingerprint density at radius 1 is 1.14 bits per heavy atom. The maximum atomic E-state index is 11.5. The number of rotatable bonds is 6. The van der Waals surface area contributed by atoms with Crippen molar-refractivity contribution in [1.82, 2.24) is 0 Å². The molecule has 0 heterocycles. The van der Waals surface area contributed by atoms with Gasteiger partial charge < -0.3 is 16.2 Å². The minimum Gasteiger partial charge on any atom is -0.481 e. The molecule has 5 nitrogen and oxygen atoms in total. The first-order valence-corrected chi connectivity index (χ1v) is 7.90. The highest BCUT2D eigenvalue weighted by Crippen LogP contribution is 2.37. The molecule has 0 bridgehead atoms. The molecule has 1 fully saturated rings. The number of carboxylic acid groups (broad SMARTS) is 1. The van der Waals surface area contributed by atoms with Crippen LogP contribution in [0, 0.1) is 5.92 Å². The molecule has 120 valence electrons. The fourth-order valence-electron chi connectivity index (χ4n) is 3.14.